The zero-order valence-electron chi connectivity index (χ0n) is 17.9. The number of aryl methyl sites for hydroxylation is 1. The minimum absolute atomic E-state index is 0.807. The number of hydrogen-bond acceptors (Lipinski definition) is 6. The van der Waals surface area contributed by atoms with Gasteiger partial charge in [-0.25, -0.2) is 15.0 Å². The maximum absolute atomic E-state index is 5.04. The molecule has 1 aliphatic carbocycles. The van der Waals surface area contributed by atoms with Crippen LogP contribution in [0.5, 0.6) is 0 Å². The van der Waals surface area contributed by atoms with Crippen LogP contribution in [0.4, 0.5) is 17.5 Å². The zero-order valence-corrected chi connectivity index (χ0v) is 17.9. The SMILES string of the molecule is CN1CCN(c2ncc(Nc3nc4ccc5[nH]ccc5c4c4c3CCCC4)cn2)CC1. The van der Waals surface area contributed by atoms with Crippen molar-refractivity contribution in [1.82, 2.24) is 24.8 Å². The number of hydrogen-bond donors (Lipinski definition) is 2. The molecule has 7 heteroatoms. The van der Waals surface area contributed by atoms with E-state index in [2.05, 4.69) is 55.3 Å². The molecular weight excluding hydrogens is 386 g/mol. The first-order valence-corrected chi connectivity index (χ1v) is 11.2. The second-order valence-electron chi connectivity index (χ2n) is 8.71. The molecule has 0 bridgehead atoms. The summed E-state index contributed by atoms with van der Waals surface area (Å²) >= 11 is 0. The van der Waals surface area contributed by atoms with Gasteiger partial charge in [0.1, 0.15) is 5.82 Å². The number of piperazine rings is 1. The normalized spacial score (nSPS) is 17.3. The molecule has 2 aliphatic rings. The van der Waals surface area contributed by atoms with Crippen LogP contribution in [0.3, 0.4) is 0 Å². The Morgan fingerprint density at radius 1 is 0.935 bits per heavy atom. The molecule has 0 unspecified atom stereocenters. The molecule has 0 atom stereocenters. The van der Waals surface area contributed by atoms with Crippen LogP contribution < -0.4 is 10.2 Å². The van der Waals surface area contributed by atoms with Gasteiger partial charge in [-0.2, -0.15) is 0 Å². The van der Waals surface area contributed by atoms with Crippen LogP contribution in [-0.2, 0) is 12.8 Å². The van der Waals surface area contributed by atoms with E-state index in [0.717, 1.165) is 62.0 Å². The van der Waals surface area contributed by atoms with Crippen LogP contribution in [0.15, 0.2) is 36.8 Å². The molecule has 1 saturated heterocycles. The zero-order chi connectivity index (χ0) is 20.8. The summed E-state index contributed by atoms with van der Waals surface area (Å²) in [6, 6.07) is 6.42. The van der Waals surface area contributed by atoms with Crippen molar-refractivity contribution < 1.29 is 0 Å². The number of nitrogens with zero attached hydrogens (tertiary/aromatic N) is 5. The summed E-state index contributed by atoms with van der Waals surface area (Å²) in [4.78, 5) is 22.2. The number of fused-ring (bicyclic) bond motifs is 5. The maximum Gasteiger partial charge on any atom is 0.225 e. The van der Waals surface area contributed by atoms with E-state index in [1.165, 1.54) is 40.3 Å². The highest BCUT2D eigenvalue weighted by Crippen LogP contribution is 2.37. The first-order chi connectivity index (χ1) is 15.3. The standard InChI is InChI=1S/C24H27N7/c1-30-10-12-31(13-11-30)24-26-14-16(15-27-24)28-23-18-5-3-2-4-17(18)22-19-8-9-25-20(19)6-7-21(22)29-23/h6-9,14-15,25H,2-5,10-13H2,1H3,(H,28,29). The molecule has 0 amide bonds. The fourth-order valence-corrected chi connectivity index (χ4v) is 4.96. The molecule has 2 N–H and O–H groups in total. The molecule has 7 nitrogen and oxygen atoms in total. The van der Waals surface area contributed by atoms with Gasteiger partial charge in [0.2, 0.25) is 5.95 Å². The Bertz CT molecular complexity index is 1240. The fourth-order valence-electron chi connectivity index (χ4n) is 4.96. The molecule has 1 aliphatic heterocycles. The minimum atomic E-state index is 0.807. The Hall–Kier alpha value is -3.19. The van der Waals surface area contributed by atoms with E-state index in [1.807, 2.05) is 18.6 Å². The van der Waals surface area contributed by atoms with Gasteiger partial charge in [-0.3, -0.25) is 0 Å². The van der Waals surface area contributed by atoms with E-state index in [4.69, 9.17) is 4.98 Å². The lowest BCUT2D eigenvalue weighted by Crippen LogP contribution is -2.45. The van der Waals surface area contributed by atoms with E-state index in [0.29, 0.717) is 0 Å². The summed E-state index contributed by atoms with van der Waals surface area (Å²) in [5.74, 6) is 1.76. The van der Waals surface area contributed by atoms with E-state index < -0.39 is 0 Å². The molecule has 1 fully saturated rings. The van der Waals surface area contributed by atoms with E-state index in [-0.39, 0.29) is 0 Å². The van der Waals surface area contributed by atoms with Crippen LogP contribution in [-0.4, -0.2) is 58.1 Å². The summed E-state index contributed by atoms with van der Waals surface area (Å²) in [5.41, 5.74) is 5.90. The number of pyridine rings is 1. The van der Waals surface area contributed by atoms with Crippen molar-refractivity contribution in [3.8, 4) is 0 Å². The van der Waals surface area contributed by atoms with Crippen molar-refractivity contribution in [1.29, 1.82) is 0 Å². The third kappa shape index (κ3) is 3.29. The maximum atomic E-state index is 5.04. The highest BCUT2D eigenvalue weighted by atomic mass is 15.3. The van der Waals surface area contributed by atoms with Crippen LogP contribution in [0, 0.1) is 0 Å². The Labute approximate surface area is 181 Å². The second-order valence-corrected chi connectivity index (χ2v) is 8.71. The summed E-state index contributed by atoms with van der Waals surface area (Å²) in [7, 11) is 2.16. The Morgan fingerprint density at radius 2 is 1.71 bits per heavy atom. The van der Waals surface area contributed by atoms with Crippen molar-refractivity contribution in [3.63, 3.8) is 0 Å². The van der Waals surface area contributed by atoms with Gasteiger partial charge in [-0.05, 0) is 62.1 Å². The number of anilines is 3. The van der Waals surface area contributed by atoms with Crippen molar-refractivity contribution in [2.45, 2.75) is 25.7 Å². The third-order valence-electron chi connectivity index (χ3n) is 6.69. The first kappa shape index (κ1) is 18.6. The van der Waals surface area contributed by atoms with Gasteiger partial charge >= 0.3 is 0 Å². The third-order valence-corrected chi connectivity index (χ3v) is 6.69. The minimum Gasteiger partial charge on any atom is -0.361 e. The monoisotopic (exact) mass is 413 g/mol. The topological polar surface area (TPSA) is 73.0 Å². The van der Waals surface area contributed by atoms with Crippen molar-refractivity contribution >= 4 is 39.3 Å². The molecule has 3 aromatic heterocycles. The van der Waals surface area contributed by atoms with Gasteiger partial charge in [0.25, 0.3) is 0 Å². The molecule has 158 valence electrons. The molecule has 0 saturated carbocycles. The molecule has 4 heterocycles. The van der Waals surface area contributed by atoms with Gasteiger partial charge in [-0.15, -0.1) is 0 Å². The molecule has 0 spiro atoms. The van der Waals surface area contributed by atoms with Crippen LogP contribution in [0.2, 0.25) is 0 Å². The number of likely N-dealkylation sites (N-methyl/N-ethyl adjacent to an activating group) is 1. The van der Waals surface area contributed by atoms with Gasteiger partial charge in [-0.1, -0.05) is 0 Å². The molecule has 1 aromatic carbocycles. The lowest BCUT2D eigenvalue weighted by Gasteiger charge is -2.32. The molecule has 31 heavy (non-hydrogen) atoms. The summed E-state index contributed by atoms with van der Waals surface area (Å²) < 4.78 is 0. The average Bonchev–Trinajstić information content (AvgIpc) is 3.29. The van der Waals surface area contributed by atoms with Gasteiger partial charge < -0.3 is 20.1 Å². The predicted octanol–water partition coefficient (Wildman–Crippen LogP) is 3.88. The number of H-pyrrole nitrogens is 1. The Morgan fingerprint density at radius 3 is 2.52 bits per heavy atom. The summed E-state index contributed by atoms with van der Waals surface area (Å²) in [5, 5.41) is 6.11. The largest absolute Gasteiger partial charge is 0.361 e. The Balaban J connectivity index is 1.35. The van der Waals surface area contributed by atoms with Crippen LogP contribution in [0.1, 0.15) is 24.0 Å². The van der Waals surface area contributed by atoms with Crippen molar-refractivity contribution in [3.05, 3.63) is 47.9 Å². The highest BCUT2D eigenvalue weighted by molar-refractivity contribution is 6.08. The number of rotatable bonds is 3. The summed E-state index contributed by atoms with van der Waals surface area (Å²) in [6.45, 7) is 4.03. The van der Waals surface area contributed by atoms with E-state index >= 15 is 0 Å². The fraction of sp³-hybridized carbons (Fsp3) is 0.375. The molecule has 0 radical (unpaired) electrons. The Kier molecular flexibility index (Phi) is 4.49. The molecule has 6 rings (SSSR count). The lowest BCUT2D eigenvalue weighted by atomic mass is 9.88. The van der Waals surface area contributed by atoms with Crippen LogP contribution >= 0.6 is 0 Å². The predicted molar refractivity (Wildman–Crippen MR) is 125 cm³/mol. The summed E-state index contributed by atoms with van der Waals surface area (Å²) in [6.07, 6.45) is 10.4. The quantitative estimate of drug-likeness (QED) is 0.531. The van der Waals surface area contributed by atoms with Gasteiger partial charge in [0.15, 0.2) is 0 Å². The van der Waals surface area contributed by atoms with Gasteiger partial charge in [0.05, 0.1) is 23.6 Å². The number of nitrogens with one attached hydrogen (secondary N) is 2. The molecular formula is C24H27N7. The average molecular weight is 414 g/mol. The van der Waals surface area contributed by atoms with E-state index in [9.17, 15) is 0 Å². The van der Waals surface area contributed by atoms with Gasteiger partial charge in [0, 0.05) is 48.7 Å². The lowest BCUT2D eigenvalue weighted by molar-refractivity contribution is 0.311. The number of benzene rings is 1. The highest BCUT2D eigenvalue weighted by Gasteiger charge is 2.21. The number of aromatic amines is 1. The van der Waals surface area contributed by atoms with Crippen LogP contribution in [0.25, 0.3) is 21.8 Å². The second kappa shape index (κ2) is 7.50. The van der Waals surface area contributed by atoms with E-state index in [1.54, 1.807) is 0 Å². The smallest absolute Gasteiger partial charge is 0.225 e. The van der Waals surface area contributed by atoms with Crippen molar-refractivity contribution in [2.24, 2.45) is 0 Å². The number of aromatic nitrogens is 4. The first-order valence-electron chi connectivity index (χ1n) is 11.2. The van der Waals surface area contributed by atoms with Crippen molar-refractivity contribution in [2.75, 3.05) is 43.4 Å². The molecule has 4 aromatic rings.